The van der Waals surface area contributed by atoms with Gasteiger partial charge in [0.2, 0.25) is 0 Å². The lowest BCUT2D eigenvalue weighted by Crippen LogP contribution is -2.36. The minimum absolute atomic E-state index is 0.336. The van der Waals surface area contributed by atoms with Crippen molar-refractivity contribution < 1.29 is 8.42 Å². The van der Waals surface area contributed by atoms with Crippen LogP contribution in [0, 0.1) is 11.8 Å². The summed E-state index contributed by atoms with van der Waals surface area (Å²) in [7, 11) is -2.71. The summed E-state index contributed by atoms with van der Waals surface area (Å²) in [6.07, 6.45) is 1.95. The van der Waals surface area contributed by atoms with E-state index in [1.807, 2.05) is 0 Å². The van der Waals surface area contributed by atoms with E-state index in [0.29, 0.717) is 29.4 Å². The molecule has 4 heteroatoms. The highest BCUT2D eigenvalue weighted by Gasteiger charge is 2.28. The van der Waals surface area contributed by atoms with E-state index < -0.39 is 9.84 Å². The van der Waals surface area contributed by atoms with Gasteiger partial charge in [-0.2, -0.15) is 0 Å². The van der Waals surface area contributed by atoms with E-state index in [1.54, 1.807) is 0 Å². The molecule has 90 valence electrons. The molecule has 3 nitrogen and oxygen atoms in total. The Morgan fingerprint density at radius 2 is 2.07 bits per heavy atom. The Balaban J connectivity index is 2.32. The Hall–Kier alpha value is -0.0900. The highest BCUT2D eigenvalue weighted by molar-refractivity contribution is 7.91. The van der Waals surface area contributed by atoms with Gasteiger partial charge in [0.25, 0.3) is 0 Å². The van der Waals surface area contributed by atoms with Crippen molar-refractivity contribution in [3.63, 3.8) is 0 Å². The molecule has 15 heavy (non-hydrogen) atoms. The summed E-state index contributed by atoms with van der Waals surface area (Å²) in [4.78, 5) is 0. The molecule has 1 aliphatic rings. The maximum Gasteiger partial charge on any atom is 0.150 e. The van der Waals surface area contributed by atoms with Gasteiger partial charge in [-0.25, -0.2) is 8.42 Å². The summed E-state index contributed by atoms with van der Waals surface area (Å²) in [5.74, 6) is 1.72. The van der Waals surface area contributed by atoms with Gasteiger partial charge in [0.1, 0.15) is 0 Å². The highest BCUT2D eigenvalue weighted by atomic mass is 32.2. The molecule has 1 saturated heterocycles. The third kappa shape index (κ3) is 4.11. The molecular formula is C11H23NO2S. The van der Waals surface area contributed by atoms with Crippen LogP contribution in [0.1, 0.15) is 33.6 Å². The van der Waals surface area contributed by atoms with E-state index in [4.69, 9.17) is 0 Å². The van der Waals surface area contributed by atoms with E-state index in [-0.39, 0.29) is 0 Å². The molecule has 0 radical (unpaired) electrons. The second-order valence-electron chi connectivity index (χ2n) is 4.94. The fourth-order valence-corrected chi connectivity index (χ4v) is 4.06. The average Bonchev–Trinajstić information content (AvgIpc) is 2.46. The fourth-order valence-electron chi connectivity index (χ4n) is 2.20. The third-order valence-electron chi connectivity index (χ3n) is 3.24. The summed E-state index contributed by atoms with van der Waals surface area (Å²) in [5, 5.41) is 3.48. The maximum atomic E-state index is 11.3. The summed E-state index contributed by atoms with van der Waals surface area (Å²) in [6.45, 7) is 7.43. The van der Waals surface area contributed by atoms with Gasteiger partial charge in [0.05, 0.1) is 11.5 Å². The Kier molecular flexibility index (Phi) is 4.59. The van der Waals surface area contributed by atoms with Crippen LogP contribution in [0.15, 0.2) is 0 Å². The van der Waals surface area contributed by atoms with Crippen molar-refractivity contribution in [3.05, 3.63) is 0 Å². The van der Waals surface area contributed by atoms with Gasteiger partial charge in [-0.05, 0) is 31.2 Å². The second kappa shape index (κ2) is 5.30. The fraction of sp³-hybridized carbons (Fsp3) is 1.00. The van der Waals surface area contributed by atoms with Gasteiger partial charge in [-0.3, -0.25) is 0 Å². The van der Waals surface area contributed by atoms with Crippen molar-refractivity contribution in [2.75, 3.05) is 18.1 Å². The lowest BCUT2D eigenvalue weighted by atomic mass is 10.0. The van der Waals surface area contributed by atoms with Crippen LogP contribution in [0.5, 0.6) is 0 Å². The third-order valence-corrected chi connectivity index (χ3v) is 5.08. The van der Waals surface area contributed by atoms with Crippen LogP contribution in [0.2, 0.25) is 0 Å². The molecule has 1 fully saturated rings. The summed E-state index contributed by atoms with van der Waals surface area (Å²) in [6, 6.07) is 0.522. The number of rotatable bonds is 5. The lowest BCUT2D eigenvalue weighted by molar-refractivity contribution is 0.363. The first-order valence-corrected chi connectivity index (χ1v) is 7.70. The number of sulfone groups is 1. The van der Waals surface area contributed by atoms with Crippen LogP contribution in [-0.2, 0) is 9.84 Å². The van der Waals surface area contributed by atoms with E-state index in [0.717, 1.165) is 19.4 Å². The number of hydrogen-bond acceptors (Lipinski definition) is 3. The summed E-state index contributed by atoms with van der Waals surface area (Å²) in [5.41, 5.74) is 0. The van der Waals surface area contributed by atoms with Gasteiger partial charge in [-0.1, -0.05) is 20.8 Å². The van der Waals surface area contributed by atoms with Crippen molar-refractivity contribution in [2.45, 2.75) is 39.7 Å². The lowest BCUT2D eigenvalue weighted by Gasteiger charge is -2.22. The minimum atomic E-state index is -2.71. The molecule has 1 heterocycles. The van der Waals surface area contributed by atoms with Crippen LogP contribution < -0.4 is 5.32 Å². The first-order chi connectivity index (χ1) is 6.94. The average molecular weight is 233 g/mol. The highest BCUT2D eigenvalue weighted by Crippen LogP contribution is 2.18. The quantitative estimate of drug-likeness (QED) is 0.781. The monoisotopic (exact) mass is 233 g/mol. The number of hydrogen-bond donors (Lipinski definition) is 1. The van der Waals surface area contributed by atoms with Crippen molar-refractivity contribution in [1.29, 1.82) is 0 Å². The zero-order chi connectivity index (χ0) is 11.5. The first kappa shape index (κ1) is 13.0. The molecule has 0 aromatic heterocycles. The van der Waals surface area contributed by atoms with Crippen LogP contribution >= 0.6 is 0 Å². The predicted molar refractivity (Wildman–Crippen MR) is 63.7 cm³/mol. The SMILES string of the molecule is CCC(NCC1CCS(=O)(=O)C1)C(C)C. The van der Waals surface area contributed by atoms with E-state index in [9.17, 15) is 8.42 Å². The Labute approximate surface area is 93.6 Å². The zero-order valence-corrected chi connectivity index (χ0v) is 10.8. The topological polar surface area (TPSA) is 46.2 Å². The van der Waals surface area contributed by atoms with E-state index in [1.165, 1.54) is 0 Å². The second-order valence-corrected chi connectivity index (χ2v) is 7.16. The molecule has 0 aliphatic carbocycles. The normalized spacial score (nSPS) is 27.1. The molecule has 0 saturated carbocycles. The molecule has 2 atom stereocenters. The van der Waals surface area contributed by atoms with Gasteiger partial charge in [-0.15, -0.1) is 0 Å². The van der Waals surface area contributed by atoms with Gasteiger partial charge in [0.15, 0.2) is 9.84 Å². The predicted octanol–water partition coefficient (Wildman–Crippen LogP) is 1.45. The van der Waals surface area contributed by atoms with Crippen LogP contribution in [-0.4, -0.2) is 32.5 Å². The van der Waals surface area contributed by atoms with Crippen LogP contribution in [0.25, 0.3) is 0 Å². The molecule has 0 bridgehead atoms. The largest absolute Gasteiger partial charge is 0.313 e. The van der Waals surface area contributed by atoms with Gasteiger partial charge < -0.3 is 5.32 Å². The Bertz CT molecular complexity index is 285. The minimum Gasteiger partial charge on any atom is -0.313 e. The summed E-state index contributed by atoms with van der Waals surface area (Å²) < 4.78 is 22.5. The van der Waals surface area contributed by atoms with Crippen LogP contribution in [0.3, 0.4) is 0 Å². The Morgan fingerprint density at radius 3 is 2.47 bits per heavy atom. The van der Waals surface area contributed by atoms with Crippen molar-refractivity contribution in [1.82, 2.24) is 5.32 Å². The standard InChI is InChI=1S/C11H23NO2S/c1-4-11(9(2)3)12-7-10-5-6-15(13,14)8-10/h9-12H,4-8H2,1-3H3. The van der Waals surface area contributed by atoms with Crippen molar-refractivity contribution >= 4 is 9.84 Å². The van der Waals surface area contributed by atoms with Crippen molar-refractivity contribution in [2.24, 2.45) is 11.8 Å². The molecular weight excluding hydrogens is 210 g/mol. The van der Waals surface area contributed by atoms with Crippen LogP contribution in [0.4, 0.5) is 0 Å². The molecule has 0 spiro atoms. The molecule has 1 aliphatic heterocycles. The molecule has 1 rings (SSSR count). The molecule has 1 N–H and O–H groups in total. The zero-order valence-electron chi connectivity index (χ0n) is 9.99. The molecule has 2 unspecified atom stereocenters. The van der Waals surface area contributed by atoms with Gasteiger partial charge in [0, 0.05) is 6.04 Å². The van der Waals surface area contributed by atoms with E-state index in [2.05, 4.69) is 26.1 Å². The number of nitrogens with one attached hydrogen (secondary N) is 1. The van der Waals surface area contributed by atoms with Gasteiger partial charge >= 0.3 is 0 Å². The molecule has 0 amide bonds. The maximum absolute atomic E-state index is 11.3. The first-order valence-electron chi connectivity index (χ1n) is 5.88. The molecule has 0 aromatic rings. The van der Waals surface area contributed by atoms with Crippen molar-refractivity contribution in [3.8, 4) is 0 Å². The smallest absolute Gasteiger partial charge is 0.150 e. The summed E-state index contributed by atoms with van der Waals surface area (Å²) >= 11 is 0. The van der Waals surface area contributed by atoms with E-state index >= 15 is 0 Å². The molecule has 0 aromatic carbocycles. The Morgan fingerprint density at radius 1 is 1.40 bits per heavy atom.